The number of hydrogen-bond donors (Lipinski definition) is 2. The van der Waals surface area contributed by atoms with Crippen LogP contribution in [0.3, 0.4) is 0 Å². The first-order chi connectivity index (χ1) is 4.31. The van der Waals surface area contributed by atoms with Crippen molar-refractivity contribution in [2.45, 2.75) is 13.1 Å². The molecule has 4 heteroatoms. The van der Waals surface area contributed by atoms with Gasteiger partial charge in [0.1, 0.15) is 0 Å². The summed E-state index contributed by atoms with van der Waals surface area (Å²) in [5.41, 5.74) is 0. The van der Waals surface area contributed by atoms with Crippen molar-refractivity contribution < 1.29 is 4.79 Å². The van der Waals surface area contributed by atoms with E-state index < -0.39 is 0 Å². The van der Waals surface area contributed by atoms with Crippen LogP contribution >= 0.6 is 0 Å². The molecule has 0 heterocycles. The molecule has 0 radical (unpaired) electrons. The van der Waals surface area contributed by atoms with E-state index >= 15 is 0 Å². The van der Waals surface area contributed by atoms with Gasteiger partial charge in [-0.05, 0) is 6.92 Å². The summed E-state index contributed by atoms with van der Waals surface area (Å²) in [6.07, 6.45) is 0.469. The second-order valence-corrected chi connectivity index (χ2v) is 1.55. The molecule has 0 aromatic carbocycles. The third kappa shape index (κ3) is 4.78. The second kappa shape index (κ2) is 5.06. The monoisotopic (exact) mass is 127 g/mol. The van der Waals surface area contributed by atoms with Gasteiger partial charge in [-0.3, -0.25) is 10.1 Å². The molecule has 0 saturated heterocycles. The van der Waals surface area contributed by atoms with Gasteiger partial charge in [-0.2, -0.15) is 5.26 Å². The molecule has 1 atom stereocenters. The van der Waals surface area contributed by atoms with E-state index in [1.165, 1.54) is 0 Å². The highest BCUT2D eigenvalue weighted by molar-refractivity contribution is 5.46. The van der Waals surface area contributed by atoms with Crippen molar-refractivity contribution in [1.82, 2.24) is 10.6 Å². The number of nitrogens with one attached hydrogen (secondary N) is 2. The maximum absolute atomic E-state index is 9.74. The van der Waals surface area contributed by atoms with Gasteiger partial charge in [0.2, 0.25) is 6.41 Å². The molecule has 9 heavy (non-hydrogen) atoms. The fourth-order valence-electron chi connectivity index (χ4n) is 0.360. The van der Waals surface area contributed by atoms with Gasteiger partial charge in [0.25, 0.3) is 0 Å². The fourth-order valence-corrected chi connectivity index (χ4v) is 0.360. The van der Waals surface area contributed by atoms with Gasteiger partial charge in [0.05, 0.1) is 18.8 Å². The van der Waals surface area contributed by atoms with Gasteiger partial charge >= 0.3 is 0 Å². The van der Waals surface area contributed by atoms with Crippen LogP contribution in [0, 0.1) is 11.3 Å². The van der Waals surface area contributed by atoms with Crippen molar-refractivity contribution in [3.63, 3.8) is 0 Å². The van der Waals surface area contributed by atoms with Crippen molar-refractivity contribution in [2.24, 2.45) is 0 Å². The fraction of sp³-hybridized carbons (Fsp3) is 0.600. The highest BCUT2D eigenvalue weighted by Crippen LogP contribution is 1.67. The van der Waals surface area contributed by atoms with E-state index in [1.807, 2.05) is 6.07 Å². The van der Waals surface area contributed by atoms with Crippen LogP contribution in [-0.4, -0.2) is 19.1 Å². The maximum atomic E-state index is 9.74. The zero-order chi connectivity index (χ0) is 7.11. The van der Waals surface area contributed by atoms with Crippen LogP contribution in [0.25, 0.3) is 0 Å². The molecule has 0 saturated carbocycles. The van der Waals surface area contributed by atoms with Gasteiger partial charge in [0.15, 0.2) is 0 Å². The van der Waals surface area contributed by atoms with Crippen molar-refractivity contribution in [3.8, 4) is 6.07 Å². The van der Waals surface area contributed by atoms with Gasteiger partial charge in [0, 0.05) is 0 Å². The third-order valence-electron chi connectivity index (χ3n) is 0.805. The lowest BCUT2D eigenvalue weighted by atomic mass is 10.5. The van der Waals surface area contributed by atoms with Crippen LogP contribution in [-0.2, 0) is 4.79 Å². The first kappa shape index (κ1) is 7.92. The topological polar surface area (TPSA) is 64.9 Å². The van der Waals surface area contributed by atoms with Crippen molar-refractivity contribution in [3.05, 3.63) is 0 Å². The highest BCUT2D eigenvalue weighted by Gasteiger charge is 1.93. The molecule has 0 aliphatic heterocycles. The lowest BCUT2D eigenvalue weighted by molar-refractivity contribution is -0.110. The Morgan fingerprint density at radius 2 is 2.56 bits per heavy atom. The smallest absolute Gasteiger partial charge is 0.208 e. The van der Waals surface area contributed by atoms with E-state index in [-0.39, 0.29) is 12.7 Å². The summed E-state index contributed by atoms with van der Waals surface area (Å²) in [7, 11) is 0. The molecular formula is C5H9N3O. The molecule has 0 fully saturated rings. The minimum atomic E-state index is -0.123. The summed E-state index contributed by atoms with van der Waals surface area (Å²) in [5, 5.41) is 13.2. The van der Waals surface area contributed by atoms with Crippen molar-refractivity contribution in [2.75, 3.05) is 6.54 Å². The molecule has 0 aliphatic rings. The van der Waals surface area contributed by atoms with E-state index in [1.54, 1.807) is 6.92 Å². The number of nitriles is 1. The first-order valence-corrected chi connectivity index (χ1v) is 2.61. The summed E-state index contributed by atoms with van der Waals surface area (Å²) >= 11 is 0. The molecule has 0 aromatic rings. The van der Waals surface area contributed by atoms with E-state index in [0.717, 1.165) is 0 Å². The van der Waals surface area contributed by atoms with Gasteiger partial charge in [-0.1, -0.05) is 0 Å². The highest BCUT2D eigenvalue weighted by atomic mass is 16.1. The van der Waals surface area contributed by atoms with Crippen LogP contribution in [0.15, 0.2) is 0 Å². The summed E-state index contributed by atoms with van der Waals surface area (Å²) in [6, 6.07) is 1.89. The number of amides is 1. The van der Waals surface area contributed by atoms with Gasteiger partial charge in [-0.15, -0.1) is 0 Å². The molecule has 50 valence electrons. The molecule has 0 aliphatic carbocycles. The number of carbonyl (C=O) groups excluding carboxylic acids is 1. The quantitative estimate of drug-likeness (QED) is 0.295. The van der Waals surface area contributed by atoms with Crippen LogP contribution in [0.5, 0.6) is 0 Å². The molecule has 2 N–H and O–H groups in total. The van der Waals surface area contributed by atoms with Crippen LogP contribution < -0.4 is 10.6 Å². The second-order valence-electron chi connectivity index (χ2n) is 1.55. The third-order valence-corrected chi connectivity index (χ3v) is 0.805. The molecule has 0 rings (SSSR count). The zero-order valence-corrected chi connectivity index (χ0v) is 5.22. The van der Waals surface area contributed by atoms with Crippen molar-refractivity contribution in [1.29, 1.82) is 5.26 Å². The standard InChI is InChI=1S/C5H9N3O/c1-5(8-4-9)7-3-2-6/h4-5,7H,3H2,1H3,(H,8,9). The molecule has 4 nitrogen and oxygen atoms in total. The Bertz CT molecular complexity index is 118. The van der Waals surface area contributed by atoms with Crippen LogP contribution in [0.2, 0.25) is 0 Å². The molecule has 1 unspecified atom stereocenters. The van der Waals surface area contributed by atoms with Crippen molar-refractivity contribution >= 4 is 6.41 Å². The number of hydrogen-bond acceptors (Lipinski definition) is 3. The lowest BCUT2D eigenvalue weighted by Crippen LogP contribution is -2.38. The average molecular weight is 127 g/mol. The number of carbonyl (C=O) groups is 1. The first-order valence-electron chi connectivity index (χ1n) is 2.61. The summed E-state index contributed by atoms with van der Waals surface area (Å²) in [6.45, 7) is 2.01. The normalized spacial score (nSPS) is 11.6. The summed E-state index contributed by atoms with van der Waals surface area (Å²) in [5.74, 6) is 0. The molecule has 0 spiro atoms. The number of rotatable bonds is 4. The summed E-state index contributed by atoms with van der Waals surface area (Å²) < 4.78 is 0. The molecular weight excluding hydrogens is 118 g/mol. The Labute approximate surface area is 53.9 Å². The van der Waals surface area contributed by atoms with E-state index in [0.29, 0.717) is 6.41 Å². The Hall–Kier alpha value is -1.08. The lowest BCUT2D eigenvalue weighted by Gasteiger charge is -2.07. The van der Waals surface area contributed by atoms with E-state index in [4.69, 9.17) is 5.26 Å². The van der Waals surface area contributed by atoms with E-state index in [2.05, 4.69) is 10.6 Å². The predicted octanol–water partition coefficient (Wildman–Crippen LogP) is -0.808. The van der Waals surface area contributed by atoms with Gasteiger partial charge < -0.3 is 5.32 Å². The molecule has 1 amide bonds. The Balaban J connectivity index is 3.17. The predicted molar refractivity (Wildman–Crippen MR) is 32.3 cm³/mol. The van der Waals surface area contributed by atoms with Crippen LogP contribution in [0.1, 0.15) is 6.92 Å². The molecule has 0 aromatic heterocycles. The SMILES string of the molecule is CC(NC=O)NCC#N. The van der Waals surface area contributed by atoms with Gasteiger partial charge in [-0.25, -0.2) is 0 Å². The zero-order valence-electron chi connectivity index (χ0n) is 5.22. The average Bonchev–Trinajstić information content (AvgIpc) is 1.85. The van der Waals surface area contributed by atoms with E-state index in [9.17, 15) is 4.79 Å². The Morgan fingerprint density at radius 3 is 3.00 bits per heavy atom. The number of nitrogens with zero attached hydrogens (tertiary/aromatic N) is 1. The largest absolute Gasteiger partial charge is 0.344 e. The maximum Gasteiger partial charge on any atom is 0.208 e. The molecule has 0 bridgehead atoms. The minimum absolute atomic E-state index is 0.123. The Morgan fingerprint density at radius 1 is 1.89 bits per heavy atom. The minimum Gasteiger partial charge on any atom is -0.344 e. The van der Waals surface area contributed by atoms with Crippen LogP contribution in [0.4, 0.5) is 0 Å². The summed E-state index contributed by atoms with van der Waals surface area (Å²) in [4.78, 5) is 9.74. The Kier molecular flexibility index (Phi) is 4.46.